The molecule has 0 bridgehead atoms. The average Bonchev–Trinajstić information content (AvgIpc) is 2.84. The van der Waals surface area contributed by atoms with Gasteiger partial charge in [-0.05, 0) is 37.5 Å². The number of carbonyl (C=O) groups is 2. The molecule has 0 unspecified atom stereocenters. The van der Waals surface area contributed by atoms with Crippen LogP contribution in [0.4, 0.5) is 0 Å². The standard InChI is InChI=1S/C13H17NO3/c15-11-8-9(12(16)14-11)10-2-1-3-13(10)4-6-17-7-5-13/h1-8H2,(H,14,15,16). The van der Waals surface area contributed by atoms with Crippen LogP contribution in [-0.2, 0) is 14.3 Å². The first kappa shape index (κ1) is 11.0. The van der Waals surface area contributed by atoms with Gasteiger partial charge in [0.2, 0.25) is 5.91 Å². The van der Waals surface area contributed by atoms with E-state index in [2.05, 4.69) is 5.32 Å². The van der Waals surface area contributed by atoms with E-state index in [-0.39, 0.29) is 23.7 Å². The first-order valence-electron chi connectivity index (χ1n) is 6.36. The van der Waals surface area contributed by atoms with Crippen LogP contribution >= 0.6 is 0 Å². The zero-order chi connectivity index (χ0) is 11.9. The Balaban J connectivity index is 1.98. The fourth-order valence-electron chi connectivity index (χ4n) is 3.54. The molecule has 0 atom stereocenters. The van der Waals surface area contributed by atoms with E-state index >= 15 is 0 Å². The number of hydrogen-bond acceptors (Lipinski definition) is 3. The SMILES string of the molecule is O=C1CC(=C2CCCC23CCOCC3)C(=O)N1. The van der Waals surface area contributed by atoms with Gasteiger partial charge in [0.25, 0.3) is 5.91 Å². The molecule has 3 rings (SSSR count). The first-order chi connectivity index (χ1) is 8.21. The van der Waals surface area contributed by atoms with Gasteiger partial charge in [0.15, 0.2) is 0 Å². The smallest absolute Gasteiger partial charge is 0.254 e. The summed E-state index contributed by atoms with van der Waals surface area (Å²) in [5.74, 6) is -0.302. The van der Waals surface area contributed by atoms with Gasteiger partial charge in [-0.15, -0.1) is 0 Å². The molecule has 2 heterocycles. The van der Waals surface area contributed by atoms with Crippen molar-refractivity contribution >= 4 is 11.8 Å². The molecule has 2 amide bonds. The van der Waals surface area contributed by atoms with Crippen LogP contribution in [0, 0.1) is 5.41 Å². The highest BCUT2D eigenvalue weighted by molar-refractivity contribution is 6.13. The minimum Gasteiger partial charge on any atom is -0.381 e. The number of ether oxygens (including phenoxy) is 1. The number of imide groups is 1. The van der Waals surface area contributed by atoms with Crippen molar-refractivity contribution in [3.8, 4) is 0 Å². The summed E-state index contributed by atoms with van der Waals surface area (Å²) in [6.07, 6.45) is 5.57. The van der Waals surface area contributed by atoms with E-state index < -0.39 is 0 Å². The van der Waals surface area contributed by atoms with Gasteiger partial charge in [-0.2, -0.15) is 0 Å². The van der Waals surface area contributed by atoms with Crippen molar-refractivity contribution in [2.75, 3.05) is 13.2 Å². The summed E-state index contributed by atoms with van der Waals surface area (Å²) in [4.78, 5) is 23.1. The maximum absolute atomic E-state index is 11.8. The highest BCUT2D eigenvalue weighted by Gasteiger charge is 2.43. The Morgan fingerprint density at radius 2 is 1.88 bits per heavy atom. The van der Waals surface area contributed by atoms with Gasteiger partial charge in [0.05, 0.1) is 6.42 Å². The highest BCUT2D eigenvalue weighted by atomic mass is 16.5. The van der Waals surface area contributed by atoms with Crippen LogP contribution in [0.15, 0.2) is 11.1 Å². The molecular formula is C13H17NO3. The highest BCUT2D eigenvalue weighted by Crippen LogP contribution is 2.51. The molecule has 0 aromatic carbocycles. The van der Waals surface area contributed by atoms with Gasteiger partial charge in [0, 0.05) is 18.8 Å². The van der Waals surface area contributed by atoms with Crippen molar-refractivity contribution in [2.24, 2.45) is 5.41 Å². The average molecular weight is 235 g/mol. The van der Waals surface area contributed by atoms with Crippen LogP contribution in [0.5, 0.6) is 0 Å². The predicted molar refractivity (Wildman–Crippen MR) is 61.1 cm³/mol. The fourth-order valence-corrected chi connectivity index (χ4v) is 3.54. The third kappa shape index (κ3) is 1.71. The van der Waals surface area contributed by atoms with Crippen molar-refractivity contribution < 1.29 is 14.3 Å². The molecular weight excluding hydrogens is 218 g/mol. The van der Waals surface area contributed by atoms with Crippen LogP contribution in [0.1, 0.15) is 38.5 Å². The number of amides is 2. The summed E-state index contributed by atoms with van der Waals surface area (Å²) in [6, 6.07) is 0. The maximum Gasteiger partial charge on any atom is 0.254 e. The molecule has 17 heavy (non-hydrogen) atoms. The lowest BCUT2D eigenvalue weighted by molar-refractivity contribution is -0.124. The predicted octanol–water partition coefficient (Wildman–Crippen LogP) is 1.31. The van der Waals surface area contributed by atoms with Gasteiger partial charge >= 0.3 is 0 Å². The second kappa shape index (κ2) is 3.95. The van der Waals surface area contributed by atoms with Crippen LogP contribution < -0.4 is 5.32 Å². The summed E-state index contributed by atoms with van der Waals surface area (Å²) < 4.78 is 5.43. The number of nitrogens with one attached hydrogen (secondary N) is 1. The van der Waals surface area contributed by atoms with Gasteiger partial charge in [0.1, 0.15) is 0 Å². The van der Waals surface area contributed by atoms with Gasteiger partial charge < -0.3 is 4.74 Å². The van der Waals surface area contributed by atoms with Crippen molar-refractivity contribution in [3.63, 3.8) is 0 Å². The molecule has 4 nitrogen and oxygen atoms in total. The molecule has 2 aliphatic heterocycles. The van der Waals surface area contributed by atoms with E-state index in [1.54, 1.807) is 0 Å². The van der Waals surface area contributed by atoms with E-state index in [4.69, 9.17) is 4.74 Å². The molecule has 0 aromatic rings. The molecule has 4 heteroatoms. The monoisotopic (exact) mass is 235 g/mol. The van der Waals surface area contributed by atoms with Crippen molar-refractivity contribution in [1.82, 2.24) is 5.32 Å². The van der Waals surface area contributed by atoms with Crippen LogP contribution in [0.2, 0.25) is 0 Å². The Morgan fingerprint density at radius 1 is 1.12 bits per heavy atom. The zero-order valence-electron chi connectivity index (χ0n) is 9.88. The Hall–Kier alpha value is -1.16. The van der Waals surface area contributed by atoms with E-state index in [0.717, 1.165) is 50.9 Å². The maximum atomic E-state index is 11.8. The molecule has 1 saturated carbocycles. The Morgan fingerprint density at radius 3 is 2.53 bits per heavy atom. The fraction of sp³-hybridized carbons (Fsp3) is 0.692. The lowest BCUT2D eigenvalue weighted by atomic mass is 9.73. The summed E-state index contributed by atoms with van der Waals surface area (Å²) in [6.45, 7) is 1.57. The van der Waals surface area contributed by atoms with Gasteiger partial charge in [-0.25, -0.2) is 0 Å². The lowest BCUT2D eigenvalue weighted by Gasteiger charge is -2.35. The molecule has 2 saturated heterocycles. The molecule has 0 aromatic heterocycles. The number of allylic oxidation sites excluding steroid dienone is 1. The second-order valence-corrected chi connectivity index (χ2v) is 5.26. The number of hydrogen-bond donors (Lipinski definition) is 1. The normalized spacial score (nSPS) is 32.2. The zero-order valence-corrected chi connectivity index (χ0v) is 9.88. The van der Waals surface area contributed by atoms with Crippen molar-refractivity contribution in [2.45, 2.75) is 38.5 Å². The minimum atomic E-state index is -0.155. The lowest BCUT2D eigenvalue weighted by Crippen LogP contribution is -2.30. The molecule has 1 spiro atoms. The molecule has 1 N–H and O–H groups in total. The van der Waals surface area contributed by atoms with Crippen molar-refractivity contribution in [3.05, 3.63) is 11.1 Å². The Kier molecular flexibility index (Phi) is 2.54. The number of carbonyl (C=O) groups excluding carboxylic acids is 2. The molecule has 92 valence electrons. The van der Waals surface area contributed by atoms with Gasteiger partial charge in [-0.3, -0.25) is 14.9 Å². The largest absolute Gasteiger partial charge is 0.381 e. The quantitative estimate of drug-likeness (QED) is 0.509. The summed E-state index contributed by atoms with van der Waals surface area (Å²) >= 11 is 0. The third-order valence-corrected chi connectivity index (χ3v) is 4.40. The van der Waals surface area contributed by atoms with Crippen LogP contribution in [0.25, 0.3) is 0 Å². The Bertz CT molecular complexity index is 405. The summed E-state index contributed by atoms with van der Waals surface area (Å²) in [7, 11) is 0. The van der Waals surface area contributed by atoms with E-state index in [1.165, 1.54) is 5.57 Å². The minimum absolute atomic E-state index is 0.147. The molecule has 1 aliphatic carbocycles. The summed E-state index contributed by atoms with van der Waals surface area (Å²) in [5.41, 5.74) is 2.17. The molecule has 3 aliphatic rings. The second-order valence-electron chi connectivity index (χ2n) is 5.26. The first-order valence-corrected chi connectivity index (χ1v) is 6.36. The Labute approximate surface area is 100 Å². The molecule has 3 fully saturated rings. The van der Waals surface area contributed by atoms with E-state index in [0.29, 0.717) is 0 Å². The van der Waals surface area contributed by atoms with E-state index in [9.17, 15) is 9.59 Å². The molecule has 0 radical (unpaired) electrons. The van der Waals surface area contributed by atoms with Crippen LogP contribution in [-0.4, -0.2) is 25.0 Å². The summed E-state index contributed by atoms with van der Waals surface area (Å²) in [5, 5.41) is 2.40. The number of rotatable bonds is 0. The van der Waals surface area contributed by atoms with Gasteiger partial charge in [-0.1, -0.05) is 5.57 Å². The van der Waals surface area contributed by atoms with E-state index in [1.807, 2.05) is 0 Å². The third-order valence-electron chi connectivity index (χ3n) is 4.40. The topological polar surface area (TPSA) is 55.4 Å². The van der Waals surface area contributed by atoms with Crippen LogP contribution in [0.3, 0.4) is 0 Å². The van der Waals surface area contributed by atoms with Crippen molar-refractivity contribution in [1.29, 1.82) is 0 Å².